The van der Waals surface area contributed by atoms with Crippen LogP contribution in [0, 0.1) is 0 Å². The van der Waals surface area contributed by atoms with Gasteiger partial charge in [-0.2, -0.15) is 0 Å². The first-order chi connectivity index (χ1) is 9.27. The summed E-state index contributed by atoms with van der Waals surface area (Å²) < 4.78 is 17.1. The quantitative estimate of drug-likeness (QED) is 0.669. The largest absolute Gasteiger partial charge is 0.382 e. The summed E-state index contributed by atoms with van der Waals surface area (Å²) >= 11 is 3.41. The van der Waals surface area contributed by atoms with E-state index in [9.17, 15) is 0 Å². The van der Waals surface area contributed by atoms with Gasteiger partial charge in [0.25, 0.3) is 0 Å². The minimum atomic E-state index is -0.0490. The summed E-state index contributed by atoms with van der Waals surface area (Å²) in [6.07, 6.45) is 0.809. The number of nitrogens with two attached hydrogens (primary N) is 1. The minimum absolute atomic E-state index is 0.0490. The average molecular weight is 332 g/mol. The fourth-order valence-corrected chi connectivity index (χ4v) is 1.87. The molecule has 0 amide bonds. The van der Waals surface area contributed by atoms with E-state index >= 15 is 0 Å². The predicted molar refractivity (Wildman–Crippen MR) is 79.2 cm³/mol. The van der Waals surface area contributed by atoms with Crippen molar-refractivity contribution in [2.45, 2.75) is 12.5 Å². The topological polar surface area (TPSA) is 53.7 Å². The molecule has 1 aromatic carbocycles. The van der Waals surface area contributed by atoms with Crippen LogP contribution in [-0.4, -0.2) is 40.1 Å². The second-order valence-electron chi connectivity index (χ2n) is 4.11. The predicted octanol–water partition coefficient (Wildman–Crippen LogP) is 2.52. The summed E-state index contributed by atoms with van der Waals surface area (Å²) in [7, 11) is 1.66. The van der Waals surface area contributed by atoms with E-state index in [4.69, 9.17) is 19.9 Å². The summed E-state index contributed by atoms with van der Waals surface area (Å²) in [6.45, 7) is 3.06. The molecule has 0 aliphatic rings. The number of rotatable bonds is 10. The highest BCUT2D eigenvalue weighted by atomic mass is 79.9. The summed E-state index contributed by atoms with van der Waals surface area (Å²) in [5.74, 6) is 0. The van der Waals surface area contributed by atoms with Crippen molar-refractivity contribution in [2.24, 2.45) is 5.73 Å². The Morgan fingerprint density at radius 1 is 1.11 bits per heavy atom. The highest BCUT2D eigenvalue weighted by Crippen LogP contribution is 2.19. The summed E-state index contributed by atoms with van der Waals surface area (Å²) in [4.78, 5) is 0. The van der Waals surface area contributed by atoms with Crippen LogP contribution in [0.1, 0.15) is 18.1 Å². The molecule has 0 saturated carbocycles. The SMILES string of the molecule is COCCOCCCOC(CN)c1ccc(Br)cc1. The van der Waals surface area contributed by atoms with E-state index in [2.05, 4.69) is 15.9 Å². The number of ether oxygens (including phenoxy) is 3. The van der Waals surface area contributed by atoms with Crippen molar-refractivity contribution in [2.75, 3.05) is 40.1 Å². The number of methoxy groups -OCH3 is 1. The number of benzene rings is 1. The normalized spacial score (nSPS) is 12.6. The lowest BCUT2D eigenvalue weighted by Gasteiger charge is -2.16. The Labute approximate surface area is 123 Å². The molecule has 0 heterocycles. The molecule has 2 N–H and O–H groups in total. The molecule has 4 nitrogen and oxygen atoms in total. The van der Waals surface area contributed by atoms with Gasteiger partial charge >= 0.3 is 0 Å². The van der Waals surface area contributed by atoms with Gasteiger partial charge in [0.15, 0.2) is 0 Å². The fourth-order valence-electron chi connectivity index (χ4n) is 1.61. The van der Waals surface area contributed by atoms with Crippen molar-refractivity contribution in [3.05, 3.63) is 34.3 Å². The molecule has 0 aliphatic carbocycles. The molecule has 1 unspecified atom stereocenters. The molecule has 0 aliphatic heterocycles. The number of hydrogen-bond acceptors (Lipinski definition) is 4. The standard InChI is InChI=1S/C14H22BrNO3/c1-17-9-10-18-7-2-8-19-14(11-16)12-3-5-13(15)6-4-12/h3-6,14H,2,7-11,16H2,1H3. The molecule has 0 bridgehead atoms. The molecule has 0 aromatic heterocycles. The van der Waals surface area contributed by atoms with Crippen LogP contribution in [0.3, 0.4) is 0 Å². The van der Waals surface area contributed by atoms with Crippen LogP contribution in [0.5, 0.6) is 0 Å². The third kappa shape index (κ3) is 7.03. The summed E-state index contributed by atoms with van der Waals surface area (Å²) in [5, 5.41) is 0. The first-order valence-corrected chi connectivity index (χ1v) is 7.21. The van der Waals surface area contributed by atoms with Gasteiger partial charge in [0.1, 0.15) is 0 Å². The number of halogens is 1. The first-order valence-electron chi connectivity index (χ1n) is 6.41. The van der Waals surface area contributed by atoms with Crippen molar-refractivity contribution in [3.8, 4) is 0 Å². The van der Waals surface area contributed by atoms with Gasteiger partial charge in [-0.15, -0.1) is 0 Å². The van der Waals surface area contributed by atoms with Crippen molar-refractivity contribution in [1.29, 1.82) is 0 Å². The average Bonchev–Trinajstić information content (AvgIpc) is 2.43. The smallest absolute Gasteiger partial charge is 0.0947 e. The van der Waals surface area contributed by atoms with Gasteiger partial charge < -0.3 is 19.9 Å². The van der Waals surface area contributed by atoms with Gasteiger partial charge in [0, 0.05) is 31.3 Å². The zero-order chi connectivity index (χ0) is 13.9. The van der Waals surface area contributed by atoms with Gasteiger partial charge in [0.05, 0.1) is 19.3 Å². The molecule has 0 fully saturated rings. The van der Waals surface area contributed by atoms with E-state index < -0.39 is 0 Å². The van der Waals surface area contributed by atoms with Gasteiger partial charge in [-0.05, 0) is 24.1 Å². The minimum Gasteiger partial charge on any atom is -0.382 e. The monoisotopic (exact) mass is 331 g/mol. The maximum absolute atomic E-state index is 5.77. The zero-order valence-electron chi connectivity index (χ0n) is 11.3. The lowest BCUT2D eigenvalue weighted by Crippen LogP contribution is -2.17. The highest BCUT2D eigenvalue weighted by Gasteiger charge is 2.09. The Morgan fingerprint density at radius 3 is 2.47 bits per heavy atom. The van der Waals surface area contributed by atoms with Crippen LogP contribution in [-0.2, 0) is 14.2 Å². The molecule has 108 valence electrons. The van der Waals surface area contributed by atoms with Crippen molar-refractivity contribution >= 4 is 15.9 Å². The van der Waals surface area contributed by atoms with Crippen molar-refractivity contribution in [3.63, 3.8) is 0 Å². The van der Waals surface area contributed by atoms with E-state index in [-0.39, 0.29) is 6.10 Å². The summed E-state index contributed by atoms with van der Waals surface area (Å²) in [6, 6.07) is 8.04. The van der Waals surface area contributed by atoms with E-state index in [0.717, 1.165) is 16.5 Å². The van der Waals surface area contributed by atoms with Gasteiger partial charge in [-0.3, -0.25) is 0 Å². The van der Waals surface area contributed by atoms with Crippen molar-refractivity contribution in [1.82, 2.24) is 0 Å². The van der Waals surface area contributed by atoms with E-state index in [1.807, 2.05) is 24.3 Å². The maximum atomic E-state index is 5.77. The number of hydrogen-bond donors (Lipinski definition) is 1. The lowest BCUT2D eigenvalue weighted by molar-refractivity contribution is 0.0261. The molecular formula is C14H22BrNO3. The Balaban J connectivity index is 2.20. The molecule has 0 saturated heterocycles. The Bertz CT molecular complexity index is 332. The Hall–Kier alpha value is -0.460. The van der Waals surface area contributed by atoms with Crippen LogP contribution >= 0.6 is 15.9 Å². The highest BCUT2D eigenvalue weighted by molar-refractivity contribution is 9.10. The fraction of sp³-hybridized carbons (Fsp3) is 0.571. The molecule has 1 rings (SSSR count). The molecule has 0 radical (unpaired) electrons. The zero-order valence-corrected chi connectivity index (χ0v) is 12.9. The van der Waals surface area contributed by atoms with Gasteiger partial charge in [-0.25, -0.2) is 0 Å². The van der Waals surface area contributed by atoms with Gasteiger partial charge in [-0.1, -0.05) is 28.1 Å². The van der Waals surface area contributed by atoms with Crippen LogP contribution in [0.4, 0.5) is 0 Å². The third-order valence-corrected chi connectivity index (χ3v) is 3.17. The second kappa shape index (κ2) is 10.3. The van der Waals surface area contributed by atoms with E-state index in [1.165, 1.54) is 0 Å². The molecule has 1 atom stereocenters. The molecular weight excluding hydrogens is 310 g/mol. The summed E-state index contributed by atoms with van der Waals surface area (Å²) in [5.41, 5.74) is 6.84. The second-order valence-corrected chi connectivity index (χ2v) is 5.02. The van der Waals surface area contributed by atoms with Crippen LogP contribution in [0.25, 0.3) is 0 Å². The molecule has 5 heteroatoms. The third-order valence-electron chi connectivity index (χ3n) is 2.64. The van der Waals surface area contributed by atoms with Crippen LogP contribution in [0.2, 0.25) is 0 Å². The lowest BCUT2D eigenvalue weighted by atomic mass is 10.1. The van der Waals surface area contributed by atoms with Crippen LogP contribution in [0.15, 0.2) is 28.7 Å². The van der Waals surface area contributed by atoms with Gasteiger partial charge in [0.2, 0.25) is 0 Å². The van der Waals surface area contributed by atoms with E-state index in [0.29, 0.717) is 33.0 Å². The molecule has 19 heavy (non-hydrogen) atoms. The molecule has 0 spiro atoms. The van der Waals surface area contributed by atoms with E-state index in [1.54, 1.807) is 7.11 Å². The van der Waals surface area contributed by atoms with Crippen LogP contribution < -0.4 is 5.73 Å². The Morgan fingerprint density at radius 2 is 1.84 bits per heavy atom. The Kier molecular flexibility index (Phi) is 9.03. The van der Waals surface area contributed by atoms with Crippen molar-refractivity contribution < 1.29 is 14.2 Å². The first kappa shape index (κ1) is 16.6. The maximum Gasteiger partial charge on any atom is 0.0947 e. The molecule has 1 aromatic rings.